The second kappa shape index (κ2) is 6.06. The van der Waals surface area contributed by atoms with Crippen molar-refractivity contribution < 1.29 is 10.1 Å². The normalized spacial score (nSPS) is 12.0. The Labute approximate surface area is 105 Å². The van der Waals surface area contributed by atoms with Gasteiger partial charge in [-0.3, -0.25) is 0 Å². The SMILES string of the molecule is C[C](C)CC=C(OO)c1ccc(Br)c(C)c1. The van der Waals surface area contributed by atoms with Crippen molar-refractivity contribution in [3.8, 4) is 0 Å². The van der Waals surface area contributed by atoms with Gasteiger partial charge in [-0.1, -0.05) is 29.8 Å². The lowest BCUT2D eigenvalue weighted by molar-refractivity contribution is -0.170. The quantitative estimate of drug-likeness (QED) is 0.497. The standard InChI is InChI=1S/C13H16BrO2/c1-9(2)4-7-13(16-15)11-5-6-12(14)10(3)8-11/h5-8,15H,4H2,1-3H3. The molecule has 0 saturated heterocycles. The van der Waals surface area contributed by atoms with Crippen LogP contribution in [0.15, 0.2) is 28.7 Å². The molecule has 0 bridgehead atoms. The van der Waals surface area contributed by atoms with Crippen LogP contribution in [0.1, 0.15) is 31.4 Å². The van der Waals surface area contributed by atoms with Crippen molar-refractivity contribution in [2.75, 3.05) is 0 Å². The maximum Gasteiger partial charge on any atom is 0.168 e. The topological polar surface area (TPSA) is 29.5 Å². The lowest BCUT2D eigenvalue weighted by Crippen LogP contribution is -1.91. The first kappa shape index (κ1) is 13.3. The number of hydrogen-bond donors (Lipinski definition) is 1. The molecule has 0 amide bonds. The van der Waals surface area contributed by atoms with Gasteiger partial charge in [0, 0.05) is 10.0 Å². The van der Waals surface area contributed by atoms with Gasteiger partial charge in [-0.05, 0) is 49.1 Å². The van der Waals surface area contributed by atoms with E-state index < -0.39 is 0 Å². The number of rotatable bonds is 4. The molecule has 3 heteroatoms. The summed E-state index contributed by atoms with van der Waals surface area (Å²) >= 11 is 3.44. The van der Waals surface area contributed by atoms with Crippen LogP contribution in [0.3, 0.4) is 0 Å². The van der Waals surface area contributed by atoms with E-state index in [9.17, 15) is 0 Å². The molecular formula is C13H16BrO2. The molecule has 1 aromatic carbocycles. The number of halogens is 1. The zero-order chi connectivity index (χ0) is 12.1. The van der Waals surface area contributed by atoms with Gasteiger partial charge in [0.15, 0.2) is 5.76 Å². The van der Waals surface area contributed by atoms with E-state index in [1.165, 1.54) is 5.92 Å². The summed E-state index contributed by atoms with van der Waals surface area (Å²) in [5.41, 5.74) is 1.99. The molecule has 0 fully saturated rings. The number of benzene rings is 1. The molecule has 1 rings (SSSR count). The minimum Gasteiger partial charge on any atom is -0.340 e. The van der Waals surface area contributed by atoms with E-state index in [1.807, 2.05) is 45.0 Å². The molecule has 0 heterocycles. The van der Waals surface area contributed by atoms with Crippen molar-refractivity contribution >= 4 is 21.7 Å². The first-order valence-electron chi connectivity index (χ1n) is 5.11. The Bertz CT molecular complexity index is 384. The zero-order valence-electron chi connectivity index (χ0n) is 9.75. The Balaban J connectivity index is 2.95. The average Bonchev–Trinajstić information content (AvgIpc) is 2.23. The van der Waals surface area contributed by atoms with E-state index in [0.29, 0.717) is 5.76 Å². The Hall–Kier alpha value is -0.800. The number of aryl methyl sites for hydroxylation is 1. The summed E-state index contributed by atoms with van der Waals surface area (Å²) in [5, 5.41) is 8.86. The molecule has 1 aromatic rings. The van der Waals surface area contributed by atoms with Crippen LogP contribution in [-0.4, -0.2) is 5.26 Å². The van der Waals surface area contributed by atoms with Crippen molar-refractivity contribution in [3.05, 3.63) is 45.8 Å². The third-order valence-electron chi connectivity index (χ3n) is 2.24. The van der Waals surface area contributed by atoms with Gasteiger partial charge in [0.05, 0.1) is 0 Å². The molecule has 87 valence electrons. The molecule has 0 aliphatic rings. The van der Waals surface area contributed by atoms with Gasteiger partial charge in [0.1, 0.15) is 0 Å². The molecule has 0 unspecified atom stereocenters. The lowest BCUT2D eigenvalue weighted by Gasteiger charge is -2.07. The van der Waals surface area contributed by atoms with Crippen LogP contribution in [0, 0.1) is 12.8 Å². The molecule has 0 aliphatic heterocycles. The van der Waals surface area contributed by atoms with Crippen LogP contribution < -0.4 is 0 Å². The molecular weight excluding hydrogens is 268 g/mol. The number of hydrogen-bond acceptors (Lipinski definition) is 2. The molecule has 0 aliphatic carbocycles. The van der Waals surface area contributed by atoms with Crippen LogP contribution in [0.2, 0.25) is 0 Å². The summed E-state index contributed by atoms with van der Waals surface area (Å²) in [6.07, 6.45) is 2.67. The van der Waals surface area contributed by atoms with Gasteiger partial charge >= 0.3 is 0 Å². The zero-order valence-corrected chi connectivity index (χ0v) is 11.3. The van der Waals surface area contributed by atoms with E-state index >= 15 is 0 Å². The minimum atomic E-state index is 0.497. The largest absolute Gasteiger partial charge is 0.340 e. The predicted molar refractivity (Wildman–Crippen MR) is 69.8 cm³/mol. The monoisotopic (exact) mass is 283 g/mol. The molecule has 0 atom stereocenters. The van der Waals surface area contributed by atoms with E-state index in [4.69, 9.17) is 5.26 Å². The van der Waals surface area contributed by atoms with Gasteiger partial charge in [0.2, 0.25) is 0 Å². The van der Waals surface area contributed by atoms with Crippen LogP contribution in [0.25, 0.3) is 5.76 Å². The van der Waals surface area contributed by atoms with Gasteiger partial charge < -0.3 is 4.89 Å². The molecule has 2 nitrogen and oxygen atoms in total. The van der Waals surface area contributed by atoms with Gasteiger partial charge in [-0.15, -0.1) is 0 Å². The first-order chi connectivity index (χ1) is 7.54. The summed E-state index contributed by atoms with van der Waals surface area (Å²) in [7, 11) is 0. The summed E-state index contributed by atoms with van der Waals surface area (Å²) in [4.78, 5) is 4.41. The van der Waals surface area contributed by atoms with E-state index in [0.717, 1.165) is 22.0 Å². The maximum absolute atomic E-state index is 8.86. The average molecular weight is 284 g/mol. The van der Waals surface area contributed by atoms with E-state index in [2.05, 4.69) is 20.8 Å². The summed E-state index contributed by atoms with van der Waals surface area (Å²) < 4.78 is 1.05. The molecule has 1 N–H and O–H groups in total. The van der Waals surface area contributed by atoms with Crippen molar-refractivity contribution in [2.24, 2.45) is 0 Å². The fourth-order valence-electron chi connectivity index (χ4n) is 1.30. The molecule has 1 radical (unpaired) electrons. The Morgan fingerprint density at radius 1 is 1.44 bits per heavy atom. The summed E-state index contributed by atoms with van der Waals surface area (Å²) in [6, 6.07) is 5.82. The van der Waals surface area contributed by atoms with Gasteiger partial charge in [-0.2, -0.15) is 0 Å². The summed E-state index contributed by atoms with van der Waals surface area (Å²) in [6.45, 7) is 6.08. The number of allylic oxidation sites excluding steroid dienone is 1. The maximum atomic E-state index is 8.86. The smallest absolute Gasteiger partial charge is 0.168 e. The minimum absolute atomic E-state index is 0.497. The van der Waals surface area contributed by atoms with Crippen molar-refractivity contribution in [1.29, 1.82) is 0 Å². The van der Waals surface area contributed by atoms with Gasteiger partial charge in [0.25, 0.3) is 0 Å². The highest BCUT2D eigenvalue weighted by atomic mass is 79.9. The van der Waals surface area contributed by atoms with Crippen molar-refractivity contribution in [3.63, 3.8) is 0 Å². The van der Waals surface area contributed by atoms with E-state index in [1.54, 1.807) is 0 Å². The lowest BCUT2D eigenvalue weighted by atomic mass is 10.1. The Morgan fingerprint density at radius 2 is 2.12 bits per heavy atom. The molecule has 16 heavy (non-hydrogen) atoms. The van der Waals surface area contributed by atoms with Crippen LogP contribution in [0.4, 0.5) is 0 Å². The second-order valence-corrected chi connectivity index (χ2v) is 4.89. The second-order valence-electron chi connectivity index (χ2n) is 4.03. The molecule has 0 saturated carbocycles. The first-order valence-corrected chi connectivity index (χ1v) is 5.91. The van der Waals surface area contributed by atoms with E-state index in [-0.39, 0.29) is 0 Å². The van der Waals surface area contributed by atoms with Crippen LogP contribution in [-0.2, 0) is 4.89 Å². The fraction of sp³-hybridized carbons (Fsp3) is 0.308. The van der Waals surface area contributed by atoms with Gasteiger partial charge in [-0.25, -0.2) is 5.26 Å². The van der Waals surface area contributed by atoms with Crippen LogP contribution in [0.5, 0.6) is 0 Å². The molecule has 0 spiro atoms. The highest BCUT2D eigenvalue weighted by Gasteiger charge is 2.05. The third-order valence-corrected chi connectivity index (χ3v) is 3.13. The molecule has 0 aromatic heterocycles. The highest BCUT2D eigenvalue weighted by molar-refractivity contribution is 9.10. The highest BCUT2D eigenvalue weighted by Crippen LogP contribution is 2.23. The van der Waals surface area contributed by atoms with Crippen LogP contribution >= 0.6 is 15.9 Å². The fourth-order valence-corrected chi connectivity index (χ4v) is 1.55. The Kier molecular flexibility index (Phi) is 5.03. The van der Waals surface area contributed by atoms with Crippen molar-refractivity contribution in [1.82, 2.24) is 0 Å². The Morgan fingerprint density at radius 3 is 2.62 bits per heavy atom. The summed E-state index contributed by atoms with van der Waals surface area (Å²) in [5.74, 6) is 1.76. The van der Waals surface area contributed by atoms with Crippen molar-refractivity contribution in [2.45, 2.75) is 27.2 Å². The third kappa shape index (κ3) is 3.65. The predicted octanol–water partition coefficient (Wildman–Crippen LogP) is 4.59.